The quantitative estimate of drug-likeness (QED) is 0.155. The summed E-state index contributed by atoms with van der Waals surface area (Å²) in [6, 6.07) is 81.9. The molecule has 2 heterocycles. The van der Waals surface area contributed by atoms with Crippen molar-refractivity contribution in [2.24, 2.45) is 0 Å². The van der Waals surface area contributed by atoms with E-state index in [1.54, 1.807) is 0 Å². The average molecular weight is 831 g/mol. The van der Waals surface area contributed by atoms with Crippen LogP contribution >= 0.6 is 0 Å². The molecule has 0 aromatic heterocycles. The van der Waals surface area contributed by atoms with Gasteiger partial charge in [-0.1, -0.05) is 153 Å². The van der Waals surface area contributed by atoms with Crippen LogP contribution < -0.4 is 30.9 Å². The Morgan fingerprint density at radius 3 is 1.71 bits per heavy atom. The van der Waals surface area contributed by atoms with Crippen molar-refractivity contribution in [3.8, 4) is 44.9 Å². The molecule has 306 valence electrons. The van der Waals surface area contributed by atoms with Gasteiger partial charge in [0, 0.05) is 39.5 Å². The van der Waals surface area contributed by atoms with Gasteiger partial charge in [-0.3, -0.25) is 0 Å². The molecule has 2 aliphatic heterocycles. The minimum Gasteiger partial charge on any atom is -0.458 e. The maximum absolute atomic E-state index is 7.11. The number of benzene rings is 10. The summed E-state index contributed by atoms with van der Waals surface area (Å²) in [6.45, 7) is 4.76. The standard InChI is InChI=1S/C61H43BN2O/c1-61(2)52-36-45-34-49(63(46-20-11-5-12-21-46)47-22-13-6-14-23-47)32-28-43(45)35-50(52)51-38-59-55(39-53(51)61)62-54-37-44(41-18-9-4-10-19-41)29-33-56(54)64(57-24-15-25-58(65-59)60(57)62)48-30-26-42(27-31-48)40-16-7-3-8-17-40/h3-39H,1-2H3. The summed E-state index contributed by atoms with van der Waals surface area (Å²) in [5, 5.41) is 2.45. The number of fused-ring (bicyclic) bond motifs is 8. The van der Waals surface area contributed by atoms with Crippen molar-refractivity contribution in [1.29, 1.82) is 0 Å². The van der Waals surface area contributed by atoms with Gasteiger partial charge in [0.05, 0.1) is 0 Å². The molecular weight excluding hydrogens is 787 g/mol. The van der Waals surface area contributed by atoms with E-state index < -0.39 is 0 Å². The lowest BCUT2D eigenvalue weighted by atomic mass is 9.34. The van der Waals surface area contributed by atoms with Crippen LogP contribution in [0.25, 0.3) is 44.2 Å². The first kappa shape index (κ1) is 37.5. The lowest BCUT2D eigenvalue weighted by Gasteiger charge is -2.40. The molecule has 13 rings (SSSR count). The first-order valence-corrected chi connectivity index (χ1v) is 22.6. The molecule has 0 saturated heterocycles. The van der Waals surface area contributed by atoms with Gasteiger partial charge in [0.15, 0.2) is 0 Å². The molecule has 10 aromatic carbocycles. The number of hydrogen-bond acceptors (Lipinski definition) is 3. The van der Waals surface area contributed by atoms with E-state index in [1.807, 2.05) is 0 Å². The Labute approximate surface area is 380 Å². The van der Waals surface area contributed by atoms with Crippen molar-refractivity contribution in [1.82, 2.24) is 0 Å². The smallest absolute Gasteiger partial charge is 0.256 e. The van der Waals surface area contributed by atoms with Gasteiger partial charge >= 0.3 is 0 Å². The van der Waals surface area contributed by atoms with Gasteiger partial charge < -0.3 is 14.5 Å². The van der Waals surface area contributed by atoms with Crippen molar-refractivity contribution < 1.29 is 4.74 Å². The third kappa shape index (κ3) is 5.91. The minimum absolute atomic E-state index is 0.0307. The van der Waals surface area contributed by atoms with E-state index in [2.05, 4.69) is 248 Å². The second-order valence-electron chi connectivity index (χ2n) is 18.1. The summed E-state index contributed by atoms with van der Waals surface area (Å²) in [5.41, 5.74) is 20.3. The van der Waals surface area contributed by atoms with Crippen LogP contribution in [-0.4, -0.2) is 6.71 Å². The largest absolute Gasteiger partial charge is 0.458 e. The number of rotatable bonds is 6. The first-order chi connectivity index (χ1) is 32.0. The lowest BCUT2D eigenvalue weighted by Crippen LogP contribution is -2.59. The molecule has 0 atom stereocenters. The van der Waals surface area contributed by atoms with E-state index in [0.717, 1.165) is 39.9 Å². The summed E-state index contributed by atoms with van der Waals surface area (Å²) in [6.07, 6.45) is 0. The summed E-state index contributed by atoms with van der Waals surface area (Å²) in [7, 11) is 0. The van der Waals surface area contributed by atoms with Crippen molar-refractivity contribution in [2.75, 3.05) is 9.80 Å². The normalized spacial score (nSPS) is 13.6. The number of ether oxygens (including phenoxy) is 1. The van der Waals surface area contributed by atoms with Crippen molar-refractivity contribution in [2.45, 2.75) is 19.3 Å². The first-order valence-electron chi connectivity index (χ1n) is 22.6. The molecule has 3 aliphatic rings. The fourth-order valence-electron chi connectivity index (χ4n) is 10.9. The Morgan fingerprint density at radius 1 is 0.415 bits per heavy atom. The number of hydrogen-bond donors (Lipinski definition) is 0. The Balaban J connectivity index is 0.955. The van der Waals surface area contributed by atoms with E-state index in [0.29, 0.717) is 0 Å². The molecule has 0 unspecified atom stereocenters. The molecule has 3 nitrogen and oxygen atoms in total. The lowest BCUT2D eigenvalue weighted by molar-refractivity contribution is 0.487. The molecule has 0 spiro atoms. The summed E-state index contributed by atoms with van der Waals surface area (Å²) in [5.74, 6) is 1.84. The zero-order valence-corrected chi connectivity index (χ0v) is 36.2. The van der Waals surface area contributed by atoms with Gasteiger partial charge in [-0.05, 0) is 157 Å². The molecule has 0 fully saturated rings. The van der Waals surface area contributed by atoms with Gasteiger partial charge in [0.2, 0.25) is 0 Å². The number of nitrogens with zero attached hydrogens (tertiary/aromatic N) is 2. The van der Waals surface area contributed by atoms with Crippen molar-refractivity contribution in [3.05, 3.63) is 236 Å². The monoisotopic (exact) mass is 830 g/mol. The predicted molar refractivity (Wildman–Crippen MR) is 273 cm³/mol. The molecule has 0 saturated carbocycles. The highest BCUT2D eigenvalue weighted by molar-refractivity contribution is 6.99. The Kier molecular flexibility index (Phi) is 8.35. The van der Waals surface area contributed by atoms with Crippen LogP contribution in [0.5, 0.6) is 11.5 Å². The van der Waals surface area contributed by atoms with Crippen LogP contribution in [0.4, 0.5) is 34.1 Å². The Hall–Kier alpha value is -8.08. The van der Waals surface area contributed by atoms with Crippen LogP contribution in [0.2, 0.25) is 0 Å². The average Bonchev–Trinajstić information content (AvgIpc) is 3.57. The molecule has 65 heavy (non-hydrogen) atoms. The van der Waals surface area contributed by atoms with E-state index in [1.165, 1.54) is 77.4 Å². The van der Waals surface area contributed by atoms with Gasteiger partial charge in [0.25, 0.3) is 6.71 Å². The van der Waals surface area contributed by atoms with Gasteiger partial charge in [0.1, 0.15) is 11.5 Å². The topological polar surface area (TPSA) is 15.7 Å². The molecule has 0 bridgehead atoms. The molecular formula is C61H43BN2O. The molecule has 0 radical (unpaired) electrons. The highest BCUT2D eigenvalue weighted by atomic mass is 16.5. The molecule has 10 aromatic rings. The number of anilines is 6. The second kappa shape index (κ2) is 14.5. The van der Waals surface area contributed by atoms with Gasteiger partial charge in [-0.25, -0.2) is 0 Å². The van der Waals surface area contributed by atoms with Crippen molar-refractivity contribution in [3.63, 3.8) is 0 Å². The third-order valence-electron chi connectivity index (χ3n) is 14.1. The SMILES string of the molecule is CC1(C)c2cc3c(cc2-c2cc4ccc(N(c5ccccc5)c5ccccc5)cc4cc21)Oc1cccc2c1B3c1cc(-c3ccccc3)ccc1N2c1ccc(-c2ccccc2)cc1. The molecule has 4 heteroatoms. The van der Waals surface area contributed by atoms with Crippen molar-refractivity contribution >= 4 is 68.0 Å². The highest BCUT2D eigenvalue weighted by Gasteiger charge is 2.45. The third-order valence-corrected chi connectivity index (χ3v) is 14.1. The minimum atomic E-state index is -0.252. The van der Waals surface area contributed by atoms with Crippen LogP contribution in [0, 0.1) is 0 Å². The van der Waals surface area contributed by atoms with E-state index in [4.69, 9.17) is 4.74 Å². The fraction of sp³-hybridized carbons (Fsp3) is 0.0492. The van der Waals surface area contributed by atoms with Crippen LogP contribution in [0.15, 0.2) is 224 Å². The number of para-hydroxylation sites is 2. The zero-order valence-electron chi connectivity index (χ0n) is 36.2. The fourth-order valence-corrected chi connectivity index (χ4v) is 10.9. The summed E-state index contributed by atoms with van der Waals surface area (Å²) < 4.78 is 7.11. The maximum atomic E-state index is 7.11. The van der Waals surface area contributed by atoms with E-state index >= 15 is 0 Å². The van der Waals surface area contributed by atoms with E-state index in [-0.39, 0.29) is 12.1 Å². The van der Waals surface area contributed by atoms with Crippen LogP contribution in [0.3, 0.4) is 0 Å². The zero-order chi connectivity index (χ0) is 43.2. The van der Waals surface area contributed by atoms with Crippen LogP contribution in [0.1, 0.15) is 25.0 Å². The van der Waals surface area contributed by atoms with Gasteiger partial charge in [-0.2, -0.15) is 0 Å². The van der Waals surface area contributed by atoms with Crippen LogP contribution in [-0.2, 0) is 5.41 Å². The van der Waals surface area contributed by atoms with Gasteiger partial charge in [-0.15, -0.1) is 0 Å². The van der Waals surface area contributed by atoms with E-state index in [9.17, 15) is 0 Å². The second-order valence-corrected chi connectivity index (χ2v) is 18.1. The summed E-state index contributed by atoms with van der Waals surface area (Å²) >= 11 is 0. The predicted octanol–water partition coefficient (Wildman–Crippen LogP) is 14.4. The highest BCUT2D eigenvalue weighted by Crippen LogP contribution is 2.52. The summed E-state index contributed by atoms with van der Waals surface area (Å²) in [4.78, 5) is 4.78. The Morgan fingerprint density at radius 2 is 1.02 bits per heavy atom. The molecule has 1 aliphatic carbocycles. The maximum Gasteiger partial charge on any atom is 0.256 e. The Bertz CT molecular complexity index is 3440. The molecule has 0 amide bonds. The molecule has 0 N–H and O–H groups in total.